The lowest BCUT2D eigenvalue weighted by molar-refractivity contribution is -0.146. The second kappa shape index (κ2) is 9.40. The maximum atomic E-state index is 14.6. The van der Waals surface area contributed by atoms with E-state index >= 15 is 0 Å². The monoisotopic (exact) mass is 466 g/mol. The first-order valence-corrected chi connectivity index (χ1v) is 10.6. The zero-order valence-corrected chi connectivity index (χ0v) is 18.8. The molecule has 0 aromatic carbocycles. The first kappa shape index (κ1) is 24.5. The number of aromatic nitrogens is 5. The minimum absolute atomic E-state index is 0.174. The van der Waals surface area contributed by atoms with E-state index in [1.165, 1.54) is 6.33 Å². The summed E-state index contributed by atoms with van der Waals surface area (Å²) >= 11 is 0. The van der Waals surface area contributed by atoms with Crippen LogP contribution in [-0.2, 0) is 4.79 Å². The zero-order chi connectivity index (χ0) is 24.4. The molecule has 1 unspecified atom stereocenters. The van der Waals surface area contributed by atoms with E-state index in [1.807, 2.05) is 5.32 Å². The van der Waals surface area contributed by atoms with Crippen LogP contribution in [0.3, 0.4) is 0 Å². The molecule has 7 nitrogen and oxygen atoms in total. The minimum atomic E-state index is -4.49. The number of halogens is 4. The Morgan fingerprint density at radius 1 is 1.18 bits per heavy atom. The van der Waals surface area contributed by atoms with Gasteiger partial charge in [-0.25, -0.2) is 24.3 Å². The molecule has 3 rings (SSSR count). The van der Waals surface area contributed by atoms with Crippen molar-refractivity contribution in [1.82, 2.24) is 30.2 Å². The topological polar surface area (TPSA) is 96.5 Å². The van der Waals surface area contributed by atoms with Crippen LogP contribution in [0.25, 0.3) is 22.4 Å². The molecule has 0 radical (unpaired) electrons. The van der Waals surface area contributed by atoms with Gasteiger partial charge in [0.15, 0.2) is 11.6 Å². The number of alkyl halides is 3. The Kier molecular flexibility index (Phi) is 6.99. The fourth-order valence-corrected chi connectivity index (χ4v) is 3.60. The number of hydrogen-bond acceptors (Lipinski definition) is 5. The van der Waals surface area contributed by atoms with Gasteiger partial charge in [-0.15, -0.1) is 0 Å². The molecule has 0 aliphatic heterocycles. The molecule has 0 aliphatic carbocycles. The van der Waals surface area contributed by atoms with Gasteiger partial charge in [-0.1, -0.05) is 27.7 Å². The Hall–Kier alpha value is -3.11. The first-order valence-electron chi connectivity index (χ1n) is 10.6. The van der Waals surface area contributed by atoms with Gasteiger partial charge in [-0.2, -0.15) is 13.2 Å². The van der Waals surface area contributed by atoms with Crippen molar-refractivity contribution in [2.75, 3.05) is 6.54 Å². The number of nitrogens with one attached hydrogen (secondary N) is 2. The largest absolute Gasteiger partial charge is 0.405 e. The number of hydrogen-bond donors (Lipinski definition) is 2. The van der Waals surface area contributed by atoms with Crippen LogP contribution in [0.15, 0.2) is 24.9 Å². The number of carbonyl (C=O) groups is 1. The summed E-state index contributed by atoms with van der Waals surface area (Å²) in [6.07, 6.45) is 1.88. The van der Waals surface area contributed by atoms with Crippen LogP contribution in [0.1, 0.15) is 52.1 Å². The third-order valence-electron chi connectivity index (χ3n) is 6.17. The average Bonchev–Trinajstić information content (AvgIpc) is 3.19. The first-order chi connectivity index (χ1) is 15.4. The molecule has 3 aromatic rings. The van der Waals surface area contributed by atoms with Gasteiger partial charge < -0.3 is 10.3 Å². The minimum Gasteiger partial charge on any atom is -0.347 e. The molecule has 0 fully saturated rings. The number of H-pyrrole nitrogens is 1. The fraction of sp³-hybridized carbons (Fsp3) is 0.500. The van der Waals surface area contributed by atoms with Crippen molar-refractivity contribution in [3.63, 3.8) is 0 Å². The van der Waals surface area contributed by atoms with Crippen molar-refractivity contribution in [1.29, 1.82) is 0 Å². The van der Waals surface area contributed by atoms with Crippen LogP contribution in [0.5, 0.6) is 0 Å². The summed E-state index contributed by atoms with van der Waals surface area (Å²) in [4.78, 5) is 32.2. The highest BCUT2D eigenvalue weighted by atomic mass is 19.4. The van der Waals surface area contributed by atoms with E-state index in [9.17, 15) is 22.4 Å². The van der Waals surface area contributed by atoms with Gasteiger partial charge >= 0.3 is 6.18 Å². The van der Waals surface area contributed by atoms with Crippen LogP contribution >= 0.6 is 0 Å². The van der Waals surface area contributed by atoms with Crippen molar-refractivity contribution >= 4 is 16.9 Å². The highest BCUT2D eigenvalue weighted by molar-refractivity contribution is 5.90. The summed E-state index contributed by atoms with van der Waals surface area (Å²) < 4.78 is 52.3. The molecule has 11 heteroatoms. The fourth-order valence-electron chi connectivity index (χ4n) is 3.60. The Balaban J connectivity index is 1.79. The van der Waals surface area contributed by atoms with Crippen molar-refractivity contribution in [3.05, 3.63) is 36.4 Å². The smallest absolute Gasteiger partial charge is 0.347 e. The van der Waals surface area contributed by atoms with Crippen molar-refractivity contribution < 1.29 is 22.4 Å². The normalized spacial score (nSPS) is 14.9. The van der Waals surface area contributed by atoms with Crippen molar-refractivity contribution in [2.24, 2.45) is 11.3 Å². The van der Waals surface area contributed by atoms with E-state index in [2.05, 4.69) is 24.9 Å². The SMILES string of the molecule is CC(CC[C@@](C)(C(=O)NCC(F)(F)F)C(C)C)c1nc(-c2c[nH]c3ncncc23)ncc1F. The predicted octanol–water partition coefficient (Wildman–Crippen LogP) is 4.78. The third kappa shape index (κ3) is 5.45. The van der Waals surface area contributed by atoms with Crippen LogP contribution in [0, 0.1) is 17.2 Å². The molecule has 33 heavy (non-hydrogen) atoms. The van der Waals surface area contributed by atoms with Gasteiger partial charge in [0.25, 0.3) is 0 Å². The van der Waals surface area contributed by atoms with Crippen molar-refractivity contribution in [2.45, 2.75) is 52.6 Å². The van der Waals surface area contributed by atoms with E-state index < -0.39 is 35.8 Å². The van der Waals surface area contributed by atoms with Gasteiger partial charge in [0.05, 0.1) is 11.9 Å². The third-order valence-corrected chi connectivity index (χ3v) is 6.17. The second-order valence-corrected chi connectivity index (χ2v) is 8.72. The Labute approximate surface area is 188 Å². The number of aromatic amines is 1. The highest BCUT2D eigenvalue weighted by Crippen LogP contribution is 2.37. The predicted molar refractivity (Wildman–Crippen MR) is 115 cm³/mol. The Bertz CT molecular complexity index is 1130. The summed E-state index contributed by atoms with van der Waals surface area (Å²) in [7, 11) is 0. The number of fused-ring (bicyclic) bond motifs is 1. The lowest BCUT2D eigenvalue weighted by atomic mass is 9.73. The van der Waals surface area contributed by atoms with E-state index in [-0.39, 0.29) is 18.0 Å². The van der Waals surface area contributed by atoms with Gasteiger partial charge in [-0.05, 0) is 18.8 Å². The molecule has 3 heterocycles. The summed E-state index contributed by atoms with van der Waals surface area (Å²) in [6, 6.07) is 0. The summed E-state index contributed by atoms with van der Waals surface area (Å²) in [5, 5.41) is 2.68. The molecule has 0 bridgehead atoms. The van der Waals surface area contributed by atoms with Crippen LogP contribution in [-0.4, -0.2) is 43.5 Å². The molecule has 1 amide bonds. The zero-order valence-electron chi connectivity index (χ0n) is 18.8. The average molecular weight is 466 g/mol. The molecule has 0 saturated carbocycles. The lowest BCUT2D eigenvalue weighted by Crippen LogP contribution is -2.45. The molecular weight excluding hydrogens is 440 g/mol. The lowest BCUT2D eigenvalue weighted by Gasteiger charge is -2.33. The van der Waals surface area contributed by atoms with E-state index in [1.54, 1.807) is 40.1 Å². The summed E-state index contributed by atoms with van der Waals surface area (Å²) in [5.74, 6) is -1.59. The number of carbonyl (C=O) groups excluding carboxylic acids is 1. The molecule has 0 spiro atoms. The maximum absolute atomic E-state index is 14.6. The van der Waals surface area contributed by atoms with E-state index in [0.29, 0.717) is 28.8 Å². The number of nitrogens with zero attached hydrogens (tertiary/aromatic N) is 4. The molecule has 3 aromatic heterocycles. The Morgan fingerprint density at radius 2 is 1.91 bits per heavy atom. The molecule has 0 saturated heterocycles. The van der Waals surface area contributed by atoms with E-state index in [0.717, 1.165) is 6.20 Å². The van der Waals surface area contributed by atoms with Gasteiger partial charge in [0.1, 0.15) is 18.5 Å². The molecule has 2 N–H and O–H groups in total. The molecular formula is C22H26F4N6O. The maximum Gasteiger partial charge on any atom is 0.405 e. The van der Waals surface area contributed by atoms with Gasteiger partial charge in [0.2, 0.25) is 5.91 Å². The van der Waals surface area contributed by atoms with Crippen LogP contribution in [0.2, 0.25) is 0 Å². The summed E-state index contributed by atoms with van der Waals surface area (Å²) in [6.45, 7) is 5.56. The van der Waals surface area contributed by atoms with E-state index in [4.69, 9.17) is 0 Å². The van der Waals surface area contributed by atoms with Crippen molar-refractivity contribution in [3.8, 4) is 11.4 Å². The number of amides is 1. The second-order valence-electron chi connectivity index (χ2n) is 8.72. The summed E-state index contributed by atoms with van der Waals surface area (Å²) in [5.41, 5.74) is 0.339. The quantitative estimate of drug-likeness (QED) is 0.466. The van der Waals surface area contributed by atoms with Gasteiger partial charge in [-0.3, -0.25) is 4.79 Å². The number of rotatable bonds is 8. The van der Waals surface area contributed by atoms with Crippen LogP contribution in [0.4, 0.5) is 17.6 Å². The molecule has 178 valence electrons. The standard InChI is InChI=1S/C22H26F4N6O/c1-12(2)21(4,20(33)30-10-22(24,25)26)6-5-13(3)17-16(23)9-29-19(32-17)15-8-28-18-14(15)7-27-11-31-18/h7-9,11-13H,5-6,10H2,1-4H3,(H,30,33)(H,27,28,31)/t13?,21-/m1/s1. The molecule has 0 aliphatic rings. The van der Waals surface area contributed by atoms with Gasteiger partial charge in [0, 0.05) is 34.7 Å². The Morgan fingerprint density at radius 3 is 2.58 bits per heavy atom. The highest BCUT2D eigenvalue weighted by Gasteiger charge is 2.39. The van der Waals surface area contributed by atoms with Crippen LogP contribution < -0.4 is 5.32 Å². The molecule has 2 atom stereocenters.